The summed E-state index contributed by atoms with van der Waals surface area (Å²) in [4.78, 5) is 28.5. The van der Waals surface area contributed by atoms with E-state index in [4.69, 9.17) is 9.15 Å². The highest BCUT2D eigenvalue weighted by Gasteiger charge is 2.20. The van der Waals surface area contributed by atoms with Crippen LogP contribution in [0.15, 0.2) is 63.9 Å². The lowest BCUT2D eigenvalue weighted by atomic mass is 10.2. The fourth-order valence-corrected chi connectivity index (χ4v) is 3.16. The van der Waals surface area contributed by atoms with E-state index in [0.717, 1.165) is 6.26 Å². The quantitative estimate of drug-likeness (QED) is 0.617. The van der Waals surface area contributed by atoms with Crippen LogP contribution in [-0.2, 0) is 19.4 Å². The number of anilines is 1. The van der Waals surface area contributed by atoms with Gasteiger partial charge in [-0.05, 0) is 37.3 Å². The number of rotatable bonds is 6. The van der Waals surface area contributed by atoms with Gasteiger partial charge in [0.15, 0.2) is 22.1 Å². The Labute approximate surface area is 167 Å². The molecule has 150 valence electrons. The Morgan fingerprint density at radius 1 is 1.10 bits per heavy atom. The molecule has 9 heteroatoms. The largest absolute Gasteiger partial charge is 0.451 e. The van der Waals surface area contributed by atoms with Crippen molar-refractivity contribution in [2.45, 2.75) is 11.8 Å². The van der Waals surface area contributed by atoms with Crippen LogP contribution in [0.3, 0.4) is 0 Å². The molecule has 0 aliphatic rings. The Hall–Kier alpha value is -3.46. The van der Waals surface area contributed by atoms with E-state index in [0.29, 0.717) is 5.56 Å². The molecule has 1 N–H and O–H groups in total. The molecule has 1 heterocycles. The van der Waals surface area contributed by atoms with Crippen LogP contribution in [0.25, 0.3) is 11.5 Å². The highest BCUT2D eigenvalue weighted by Crippen LogP contribution is 2.22. The molecule has 0 aliphatic carbocycles. The van der Waals surface area contributed by atoms with Crippen molar-refractivity contribution >= 4 is 27.4 Å². The molecule has 0 spiro atoms. The third kappa shape index (κ3) is 5.08. The summed E-state index contributed by atoms with van der Waals surface area (Å²) in [5, 5.41) is 2.48. The number of benzene rings is 2. The summed E-state index contributed by atoms with van der Waals surface area (Å²) >= 11 is 0. The number of carbonyl (C=O) groups is 2. The zero-order chi connectivity index (χ0) is 21.0. The lowest BCUT2D eigenvalue weighted by Crippen LogP contribution is -2.21. The second-order valence-electron chi connectivity index (χ2n) is 6.21. The maximum absolute atomic E-state index is 12.2. The van der Waals surface area contributed by atoms with Gasteiger partial charge in [0.2, 0.25) is 5.89 Å². The van der Waals surface area contributed by atoms with Gasteiger partial charge in [-0.2, -0.15) is 0 Å². The molecule has 8 nitrogen and oxygen atoms in total. The van der Waals surface area contributed by atoms with E-state index in [2.05, 4.69) is 10.3 Å². The Bertz CT molecular complexity index is 1150. The van der Waals surface area contributed by atoms with Gasteiger partial charge in [0.25, 0.3) is 5.91 Å². The van der Waals surface area contributed by atoms with E-state index in [1.54, 1.807) is 19.1 Å². The van der Waals surface area contributed by atoms with Crippen LogP contribution in [-0.4, -0.2) is 38.1 Å². The first-order chi connectivity index (χ1) is 13.7. The molecule has 0 saturated carbocycles. The summed E-state index contributed by atoms with van der Waals surface area (Å²) in [6.45, 7) is 1.02. The Kier molecular flexibility index (Phi) is 5.79. The number of carbonyl (C=O) groups excluding carboxylic acids is 2. The molecule has 3 aromatic rings. The SMILES string of the molecule is Cc1oc(-c2ccccc2)nc1C(=O)OCC(=O)Nc1cccc(S(C)(=O)=O)c1. The number of hydrogen-bond donors (Lipinski definition) is 1. The van der Waals surface area contributed by atoms with Crippen molar-refractivity contribution in [3.05, 3.63) is 66.1 Å². The third-order valence-electron chi connectivity index (χ3n) is 3.89. The number of ether oxygens (including phenoxy) is 1. The summed E-state index contributed by atoms with van der Waals surface area (Å²) < 4.78 is 33.7. The molecule has 0 atom stereocenters. The maximum atomic E-state index is 12.2. The number of nitrogens with zero attached hydrogens (tertiary/aromatic N) is 1. The van der Waals surface area contributed by atoms with E-state index >= 15 is 0 Å². The van der Waals surface area contributed by atoms with Crippen LogP contribution in [0.4, 0.5) is 5.69 Å². The molecule has 0 unspecified atom stereocenters. The van der Waals surface area contributed by atoms with E-state index in [1.165, 1.54) is 24.3 Å². The van der Waals surface area contributed by atoms with Crippen molar-refractivity contribution in [3.63, 3.8) is 0 Å². The Balaban J connectivity index is 1.63. The van der Waals surface area contributed by atoms with Gasteiger partial charge in [-0.1, -0.05) is 24.3 Å². The molecule has 0 bridgehead atoms. The highest BCUT2D eigenvalue weighted by molar-refractivity contribution is 7.90. The molecule has 1 aromatic heterocycles. The lowest BCUT2D eigenvalue weighted by Gasteiger charge is -2.07. The average molecular weight is 414 g/mol. The lowest BCUT2D eigenvalue weighted by molar-refractivity contribution is -0.119. The van der Waals surface area contributed by atoms with Crippen LogP contribution in [0.2, 0.25) is 0 Å². The number of sulfone groups is 1. The van der Waals surface area contributed by atoms with Crippen LogP contribution >= 0.6 is 0 Å². The number of oxazole rings is 1. The van der Waals surface area contributed by atoms with Crippen molar-refractivity contribution < 1.29 is 27.2 Å². The van der Waals surface area contributed by atoms with Gasteiger partial charge >= 0.3 is 5.97 Å². The van der Waals surface area contributed by atoms with Gasteiger partial charge in [-0.3, -0.25) is 4.79 Å². The number of esters is 1. The summed E-state index contributed by atoms with van der Waals surface area (Å²) in [5.74, 6) is -0.867. The highest BCUT2D eigenvalue weighted by atomic mass is 32.2. The minimum Gasteiger partial charge on any atom is -0.451 e. The van der Waals surface area contributed by atoms with Gasteiger partial charge in [0.1, 0.15) is 5.76 Å². The smallest absolute Gasteiger partial charge is 0.361 e. The molecule has 1 amide bonds. The van der Waals surface area contributed by atoms with Crippen LogP contribution in [0.5, 0.6) is 0 Å². The van der Waals surface area contributed by atoms with Gasteiger partial charge in [0.05, 0.1) is 4.90 Å². The van der Waals surface area contributed by atoms with Gasteiger partial charge < -0.3 is 14.5 Å². The van der Waals surface area contributed by atoms with Gasteiger partial charge in [-0.25, -0.2) is 18.2 Å². The molecule has 29 heavy (non-hydrogen) atoms. The van der Waals surface area contributed by atoms with Crippen LogP contribution < -0.4 is 5.32 Å². The minimum absolute atomic E-state index is 0.0178. The fourth-order valence-electron chi connectivity index (χ4n) is 2.49. The predicted molar refractivity (Wildman–Crippen MR) is 105 cm³/mol. The number of aromatic nitrogens is 1. The van der Waals surface area contributed by atoms with Gasteiger partial charge in [0, 0.05) is 17.5 Å². The summed E-state index contributed by atoms with van der Waals surface area (Å²) in [5.41, 5.74) is 0.965. The second-order valence-corrected chi connectivity index (χ2v) is 8.23. The zero-order valence-electron chi connectivity index (χ0n) is 15.7. The van der Waals surface area contributed by atoms with E-state index in [1.807, 2.05) is 18.2 Å². The average Bonchev–Trinajstić information content (AvgIpc) is 3.08. The second kappa shape index (κ2) is 8.27. The number of nitrogens with one attached hydrogen (secondary N) is 1. The summed E-state index contributed by atoms with van der Waals surface area (Å²) in [6.07, 6.45) is 1.07. The van der Waals surface area contributed by atoms with E-state index < -0.39 is 28.3 Å². The van der Waals surface area contributed by atoms with E-state index in [-0.39, 0.29) is 27.9 Å². The zero-order valence-corrected chi connectivity index (χ0v) is 16.5. The molecule has 0 saturated heterocycles. The molecule has 0 fully saturated rings. The normalized spacial score (nSPS) is 11.1. The molecule has 3 rings (SSSR count). The van der Waals surface area contributed by atoms with E-state index in [9.17, 15) is 18.0 Å². The van der Waals surface area contributed by atoms with Crippen LogP contribution in [0, 0.1) is 6.92 Å². The Morgan fingerprint density at radius 3 is 2.52 bits per heavy atom. The van der Waals surface area contributed by atoms with Gasteiger partial charge in [-0.15, -0.1) is 0 Å². The van der Waals surface area contributed by atoms with Crippen molar-refractivity contribution in [3.8, 4) is 11.5 Å². The molecular formula is C20H18N2O6S. The maximum Gasteiger partial charge on any atom is 0.361 e. The summed E-state index contributed by atoms with van der Waals surface area (Å²) in [6, 6.07) is 14.8. The van der Waals surface area contributed by atoms with Crippen molar-refractivity contribution in [1.82, 2.24) is 4.98 Å². The van der Waals surface area contributed by atoms with Crippen LogP contribution in [0.1, 0.15) is 16.2 Å². The predicted octanol–water partition coefficient (Wildman–Crippen LogP) is 2.85. The fraction of sp³-hybridized carbons (Fsp3) is 0.150. The number of aryl methyl sites for hydroxylation is 1. The molecular weight excluding hydrogens is 396 g/mol. The minimum atomic E-state index is -3.40. The number of amides is 1. The summed E-state index contributed by atoms with van der Waals surface area (Å²) in [7, 11) is -3.40. The molecule has 0 aliphatic heterocycles. The first-order valence-corrected chi connectivity index (χ1v) is 10.4. The van der Waals surface area contributed by atoms with Crippen molar-refractivity contribution in [2.75, 3.05) is 18.2 Å². The monoisotopic (exact) mass is 414 g/mol. The Morgan fingerprint density at radius 2 is 1.83 bits per heavy atom. The molecule has 2 aromatic carbocycles. The number of hydrogen-bond acceptors (Lipinski definition) is 7. The van der Waals surface area contributed by atoms with Crippen molar-refractivity contribution in [2.24, 2.45) is 0 Å². The first-order valence-electron chi connectivity index (χ1n) is 8.54. The first kappa shape index (κ1) is 20.3. The topological polar surface area (TPSA) is 116 Å². The third-order valence-corrected chi connectivity index (χ3v) is 5.00. The van der Waals surface area contributed by atoms with Crippen molar-refractivity contribution in [1.29, 1.82) is 0 Å². The standard InChI is InChI=1S/C20H18N2O6S/c1-13-18(22-19(28-13)14-7-4-3-5-8-14)20(24)27-12-17(23)21-15-9-6-10-16(11-15)29(2,25)26/h3-11H,12H2,1-2H3,(H,21,23). The molecule has 0 radical (unpaired) electrons.